The molecule has 4 amide bonds. The van der Waals surface area contributed by atoms with E-state index in [4.69, 9.17) is 0 Å². The number of Topliss-reactive ketones (excluding diaryl/α,β-unsaturated/α-hetero) is 4. The highest BCUT2D eigenvalue weighted by Crippen LogP contribution is 2.28. The lowest BCUT2D eigenvalue weighted by Gasteiger charge is -2.24. The van der Waals surface area contributed by atoms with Crippen LogP contribution in [0.1, 0.15) is 105 Å². The van der Waals surface area contributed by atoms with Crippen molar-refractivity contribution < 1.29 is 61.3 Å². The maximum atomic E-state index is 14.5. The molecule has 66 heavy (non-hydrogen) atoms. The van der Waals surface area contributed by atoms with Gasteiger partial charge in [0.25, 0.3) is 0 Å². The quantitative estimate of drug-likeness (QED) is 0.0257. The van der Waals surface area contributed by atoms with Gasteiger partial charge in [0.2, 0.25) is 23.6 Å². The third-order valence-electron chi connectivity index (χ3n) is 11.2. The SMILES string of the molecule is CC(C)CC(CCC(=O)NCCNCC[NH3+])C(=O)CC(CCC(=O)NCCNCC[NH3+])C(=O)CC(CCC(=O)NCCNCC[NH3+])C(=O)CC(CCC(=O)NCCNCC[NH3+])C(=O)C(C)C. The Morgan fingerprint density at radius 1 is 0.364 bits per heavy atom. The summed E-state index contributed by atoms with van der Waals surface area (Å²) in [5, 5.41) is 24.1. The van der Waals surface area contributed by atoms with Crippen molar-refractivity contribution in [2.24, 2.45) is 35.5 Å². The summed E-state index contributed by atoms with van der Waals surface area (Å²) in [6.07, 6.45) is 0.484. The van der Waals surface area contributed by atoms with Crippen molar-refractivity contribution in [1.29, 1.82) is 0 Å². The van der Waals surface area contributed by atoms with Gasteiger partial charge in [0.05, 0.1) is 26.2 Å². The van der Waals surface area contributed by atoms with Crippen molar-refractivity contribution in [1.82, 2.24) is 42.5 Å². The van der Waals surface area contributed by atoms with E-state index < -0.39 is 29.6 Å². The Labute approximate surface area is 394 Å². The third kappa shape index (κ3) is 32.8. The highest BCUT2D eigenvalue weighted by atomic mass is 16.2. The van der Waals surface area contributed by atoms with Gasteiger partial charge in [-0.1, -0.05) is 27.7 Å². The van der Waals surface area contributed by atoms with Crippen LogP contribution in [0.25, 0.3) is 0 Å². The second kappa shape index (κ2) is 40.3. The van der Waals surface area contributed by atoms with Crippen LogP contribution < -0.4 is 65.5 Å². The van der Waals surface area contributed by atoms with Gasteiger partial charge in [0.1, 0.15) is 23.1 Å². The fraction of sp³-hybridized carbons (Fsp3) is 0.826. The smallest absolute Gasteiger partial charge is 0.220 e. The van der Waals surface area contributed by atoms with Crippen LogP contribution >= 0.6 is 0 Å². The minimum absolute atomic E-state index is 0.0273. The fourth-order valence-corrected chi connectivity index (χ4v) is 7.51. The monoisotopic (exact) mass is 943 g/mol. The van der Waals surface area contributed by atoms with E-state index in [1.165, 1.54) is 0 Å². The molecule has 4 atom stereocenters. The standard InChI is InChI=1S/C46H90N12O8/c1-33(2)29-35(5-9-42(62)55-25-21-51-17-13-47)39(59)30-36(6-10-43(63)56-26-22-52-18-14-48)40(60)31-37(7-11-44(64)57-27-23-53-19-15-49)41(61)32-38(46(66)34(3)4)8-12-45(65)58-28-24-54-20-16-50/h33-38,51-54H,5-32,47-50H2,1-4H3,(H,55,62)(H,56,63)(H,57,64)(H,58,65)/p+4. The number of hydrogen-bond acceptors (Lipinski definition) is 12. The summed E-state index contributed by atoms with van der Waals surface area (Å²) in [7, 11) is 0. The highest BCUT2D eigenvalue weighted by Gasteiger charge is 2.33. The molecule has 0 aliphatic carbocycles. The average Bonchev–Trinajstić information content (AvgIpc) is 3.28. The number of quaternary nitrogens is 4. The Balaban J connectivity index is 6.48. The van der Waals surface area contributed by atoms with Crippen molar-refractivity contribution in [2.45, 2.75) is 105 Å². The Morgan fingerprint density at radius 2 is 0.636 bits per heavy atom. The van der Waals surface area contributed by atoms with Gasteiger partial charge in [0.15, 0.2) is 0 Å². The highest BCUT2D eigenvalue weighted by molar-refractivity contribution is 5.95. The van der Waals surface area contributed by atoms with Crippen LogP contribution in [-0.4, -0.2) is 151 Å². The van der Waals surface area contributed by atoms with Crippen molar-refractivity contribution in [2.75, 3.05) is 105 Å². The number of carbonyl (C=O) groups is 8. The van der Waals surface area contributed by atoms with E-state index in [0.29, 0.717) is 91.4 Å². The normalized spacial score (nSPS) is 13.2. The van der Waals surface area contributed by atoms with E-state index in [-0.39, 0.29) is 117 Å². The molecule has 0 aromatic rings. The first kappa shape index (κ1) is 62.2. The molecule has 0 spiro atoms. The minimum Gasteiger partial charge on any atom is -0.357 e. The molecule has 4 unspecified atom stereocenters. The molecule has 0 aromatic carbocycles. The minimum atomic E-state index is -0.952. The topological polar surface area (TPSA) is 343 Å². The zero-order valence-corrected chi connectivity index (χ0v) is 41.4. The molecule has 0 aliphatic rings. The molecule has 0 aromatic heterocycles. The first-order chi connectivity index (χ1) is 31.6. The second-order valence-corrected chi connectivity index (χ2v) is 18.0. The summed E-state index contributed by atoms with van der Waals surface area (Å²) >= 11 is 0. The Kier molecular flexibility index (Phi) is 38.0. The van der Waals surface area contributed by atoms with Gasteiger partial charge in [-0.2, -0.15) is 0 Å². The molecular formula is C46H94N12O8+4. The molecule has 0 rings (SSSR count). The van der Waals surface area contributed by atoms with Gasteiger partial charge < -0.3 is 65.5 Å². The largest absolute Gasteiger partial charge is 0.357 e. The molecule has 0 aliphatic heterocycles. The van der Waals surface area contributed by atoms with Gasteiger partial charge in [-0.25, -0.2) is 0 Å². The van der Waals surface area contributed by atoms with E-state index in [1.807, 2.05) is 13.8 Å². The van der Waals surface area contributed by atoms with Crippen LogP contribution in [0.3, 0.4) is 0 Å². The summed E-state index contributed by atoms with van der Waals surface area (Å²) in [5.41, 5.74) is 15.2. The zero-order valence-electron chi connectivity index (χ0n) is 41.4. The number of hydrogen-bond donors (Lipinski definition) is 12. The van der Waals surface area contributed by atoms with E-state index in [0.717, 1.165) is 26.2 Å². The predicted molar refractivity (Wildman–Crippen MR) is 254 cm³/mol. The van der Waals surface area contributed by atoms with Crippen LogP contribution in [0.2, 0.25) is 0 Å². The summed E-state index contributed by atoms with van der Waals surface area (Å²) in [4.78, 5) is 108. The predicted octanol–water partition coefficient (Wildman–Crippen LogP) is -4.49. The molecule has 0 fully saturated rings. The second-order valence-electron chi connectivity index (χ2n) is 18.0. The lowest BCUT2D eigenvalue weighted by molar-refractivity contribution is -0.365. The summed E-state index contributed by atoms with van der Waals surface area (Å²) in [6.45, 7) is 17.0. The number of amides is 4. The van der Waals surface area contributed by atoms with Gasteiger partial charge >= 0.3 is 0 Å². The van der Waals surface area contributed by atoms with E-state index in [2.05, 4.69) is 65.5 Å². The zero-order chi connectivity index (χ0) is 49.5. The van der Waals surface area contributed by atoms with E-state index in [9.17, 15) is 38.4 Å². The molecule has 0 bridgehead atoms. The molecule has 0 saturated heterocycles. The van der Waals surface area contributed by atoms with Crippen molar-refractivity contribution >= 4 is 46.8 Å². The molecular weight excluding hydrogens is 849 g/mol. The van der Waals surface area contributed by atoms with Gasteiger partial charge in [-0.15, -0.1) is 0 Å². The first-order valence-corrected chi connectivity index (χ1v) is 24.8. The first-order valence-electron chi connectivity index (χ1n) is 24.8. The average molecular weight is 943 g/mol. The summed E-state index contributed by atoms with van der Waals surface area (Å²) in [6, 6.07) is 0. The molecule has 20 nitrogen and oxygen atoms in total. The fourth-order valence-electron chi connectivity index (χ4n) is 7.51. The number of nitrogens with one attached hydrogen (secondary N) is 8. The van der Waals surface area contributed by atoms with Crippen molar-refractivity contribution in [3.8, 4) is 0 Å². The maximum absolute atomic E-state index is 14.5. The van der Waals surface area contributed by atoms with Crippen LogP contribution in [-0.2, 0) is 38.4 Å². The van der Waals surface area contributed by atoms with Gasteiger partial charge in [-0.3, -0.25) is 38.4 Å². The van der Waals surface area contributed by atoms with Crippen LogP contribution in [0, 0.1) is 35.5 Å². The van der Waals surface area contributed by atoms with E-state index in [1.54, 1.807) is 13.8 Å². The molecule has 20 N–H and O–H groups in total. The summed E-state index contributed by atoms with van der Waals surface area (Å²) in [5.74, 6) is -5.50. The van der Waals surface area contributed by atoms with Crippen LogP contribution in [0.5, 0.6) is 0 Å². The number of rotatable bonds is 45. The molecule has 0 radical (unpaired) electrons. The Bertz CT molecular complexity index is 1400. The lowest BCUT2D eigenvalue weighted by atomic mass is 9.78. The van der Waals surface area contributed by atoms with Gasteiger partial charge in [-0.05, 0) is 38.0 Å². The number of ketones is 4. The third-order valence-corrected chi connectivity index (χ3v) is 11.2. The van der Waals surface area contributed by atoms with Crippen molar-refractivity contribution in [3.63, 3.8) is 0 Å². The summed E-state index contributed by atoms with van der Waals surface area (Å²) < 4.78 is 0. The maximum Gasteiger partial charge on any atom is 0.220 e. The van der Waals surface area contributed by atoms with Crippen molar-refractivity contribution in [3.05, 3.63) is 0 Å². The Morgan fingerprint density at radius 3 is 0.924 bits per heavy atom. The molecule has 20 heteroatoms. The van der Waals surface area contributed by atoms with Crippen LogP contribution in [0.15, 0.2) is 0 Å². The number of carbonyl (C=O) groups excluding carboxylic acids is 8. The Hall–Kier alpha value is -3.76. The molecule has 0 saturated carbocycles. The van der Waals surface area contributed by atoms with Gasteiger partial charge in [0, 0.05) is 153 Å². The van der Waals surface area contributed by atoms with Crippen LogP contribution in [0.4, 0.5) is 0 Å². The lowest BCUT2D eigenvalue weighted by Crippen LogP contribution is -2.54. The van der Waals surface area contributed by atoms with E-state index >= 15 is 0 Å². The molecule has 0 heterocycles. The molecule has 382 valence electrons.